The number of pyridine rings is 1. The van der Waals surface area contributed by atoms with E-state index in [4.69, 9.17) is 9.26 Å². The van der Waals surface area contributed by atoms with Crippen molar-refractivity contribution in [3.8, 4) is 5.75 Å². The molecule has 1 N–H and O–H groups in total. The van der Waals surface area contributed by atoms with Crippen molar-refractivity contribution in [1.82, 2.24) is 15.5 Å². The van der Waals surface area contributed by atoms with E-state index in [1.807, 2.05) is 37.3 Å². The van der Waals surface area contributed by atoms with Gasteiger partial charge in [-0.2, -0.15) is 0 Å². The predicted octanol–water partition coefficient (Wildman–Crippen LogP) is 3.25. The quantitative estimate of drug-likeness (QED) is 0.726. The van der Waals surface area contributed by atoms with E-state index in [2.05, 4.69) is 27.6 Å². The van der Waals surface area contributed by atoms with E-state index < -0.39 is 0 Å². The molecule has 0 unspecified atom stereocenters. The second-order valence-electron chi connectivity index (χ2n) is 5.32. The molecule has 5 heteroatoms. The Kier molecular flexibility index (Phi) is 5.01. The number of ether oxygens (including phenoxy) is 1. The Morgan fingerprint density at radius 2 is 1.78 bits per heavy atom. The van der Waals surface area contributed by atoms with Gasteiger partial charge in [0.2, 0.25) is 0 Å². The molecule has 23 heavy (non-hydrogen) atoms. The Balaban J connectivity index is 1.45. The number of aryl methyl sites for hydroxylation is 1. The van der Waals surface area contributed by atoms with Gasteiger partial charge in [0.25, 0.3) is 0 Å². The standard InChI is InChI=1S/C18H19N3O2/c1-14-10-17(21-23-14)12-20-11-15-2-4-18(5-3-15)22-13-16-6-8-19-9-7-16/h2-10,20H,11-13H2,1H3. The summed E-state index contributed by atoms with van der Waals surface area (Å²) in [6, 6.07) is 13.9. The van der Waals surface area contributed by atoms with Crippen LogP contribution in [0, 0.1) is 6.92 Å². The van der Waals surface area contributed by atoms with Crippen LogP contribution in [-0.2, 0) is 19.7 Å². The largest absolute Gasteiger partial charge is 0.489 e. The summed E-state index contributed by atoms with van der Waals surface area (Å²) in [6.07, 6.45) is 3.54. The lowest BCUT2D eigenvalue weighted by molar-refractivity contribution is 0.306. The zero-order valence-electron chi connectivity index (χ0n) is 13.0. The van der Waals surface area contributed by atoms with E-state index in [1.54, 1.807) is 12.4 Å². The third kappa shape index (κ3) is 4.66. The van der Waals surface area contributed by atoms with E-state index in [1.165, 1.54) is 5.56 Å². The molecule has 3 rings (SSSR count). The Morgan fingerprint density at radius 1 is 1.00 bits per heavy atom. The monoisotopic (exact) mass is 309 g/mol. The van der Waals surface area contributed by atoms with E-state index in [-0.39, 0.29) is 0 Å². The highest BCUT2D eigenvalue weighted by Crippen LogP contribution is 2.14. The zero-order chi connectivity index (χ0) is 15.9. The number of benzene rings is 1. The first kappa shape index (κ1) is 15.2. The van der Waals surface area contributed by atoms with Crippen molar-refractivity contribution < 1.29 is 9.26 Å². The predicted molar refractivity (Wildman–Crippen MR) is 86.8 cm³/mol. The molecular weight excluding hydrogens is 290 g/mol. The highest BCUT2D eigenvalue weighted by atomic mass is 16.5. The van der Waals surface area contributed by atoms with E-state index >= 15 is 0 Å². The number of hydrogen-bond acceptors (Lipinski definition) is 5. The smallest absolute Gasteiger partial charge is 0.133 e. The molecule has 0 saturated heterocycles. The van der Waals surface area contributed by atoms with Crippen molar-refractivity contribution >= 4 is 0 Å². The first-order valence-electron chi connectivity index (χ1n) is 7.53. The average Bonchev–Trinajstić information content (AvgIpc) is 3.00. The maximum Gasteiger partial charge on any atom is 0.133 e. The summed E-state index contributed by atoms with van der Waals surface area (Å²) in [6.45, 7) is 3.90. The van der Waals surface area contributed by atoms with Gasteiger partial charge in [-0.3, -0.25) is 4.98 Å². The van der Waals surface area contributed by atoms with Crippen LogP contribution in [0.5, 0.6) is 5.75 Å². The number of nitrogens with one attached hydrogen (secondary N) is 1. The van der Waals surface area contributed by atoms with Crippen LogP contribution in [0.4, 0.5) is 0 Å². The van der Waals surface area contributed by atoms with Crippen LogP contribution in [0.1, 0.15) is 22.6 Å². The normalized spacial score (nSPS) is 10.7. The SMILES string of the molecule is Cc1cc(CNCc2ccc(OCc3ccncc3)cc2)no1. The minimum Gasteiger partial charge on any atom is -0.489 e. The minimum absolute atomic E-state index is 0.547. The molecular formula is C18H19N3O2. The molecule has 2 heterocycles. The van der Waals surface area contributed by atoms with Crippen LogP contribution >= 0.6 is 0 Å². The molecule has 3 aromatic rings. The molecule has 0 atom stereocenters. The van der Waals surface area contributed by atoms with Gasteiger partial charge in [0.05, 0.1) is 5.69 Å². The molecule has 0 fully saturated rings. The third-order valence-electron chi connectivity index (χ3n) is 3.39. The van der Waals surface area contributed by atoms with Crippen molar-refractivity contribution in [1.29, 1.82) is 0 Å². The van der Waals surface area contributed by atoms with Crippen LogP contribution in [0.15, 0.2) is 59.4 Å². The summed E-state index contributed by atoms with van der Waals surface area (Å²) in [5, 5.41) is 7.29. The molecule has 0 saturated carbocycles. The second-order valence-corrected chi connectivity index (χ2v) is 5.32. The van der Waals surface area contributed by atoms with Crippen molar-refractivity contribution in [2.45, 2.75) is 26.6 Å². The van der Waals surface area contributed by atoms with Crippen LogP contribution in [0.3, 0.4) is 0 Å². The number of hydrogen-bond donors (Lipinski definition) is 1. The van der Waals surface area contributed by atoms with Crippen LogP contribution in [0.2, 0.25) is 0 Å². The van der Waals surface area contributed by atoms with Crippen molar-refractivity contribution in [3.63, 3.8) is 0 Å². The van der Waals surface area contributed by atoms with Gasteiger partial charge in [0.1, 0.15) is 18.1 Å². The molecule has 0 spiro atoms. The highest BCUT2D eigenvalue weighted by Gasteiger charge is 2.00. The highest BCUT2D eigenvalue weighted by molar-refractivity contribution is 5.27. The fraction of sp³-hybridized carbons (Fsp3) is 0.222. The summed E-state index contributed by atoms with van der Waals surface area (Å²) < 4.78 is 10.8. The van der Waals surface area contributed by atoms with Gasteiger partial charge >= 0.3 is 0 Å². The molecule has 0 aliphatic heterocycles. The van der Waals surface area contributed by atoms with Gasteiger partial charge in [0, 0.05) is 31.5 Å². The molecule has 2 aromatic heterocycles. The second kappa shape index (κ2) is 7.56. The van der Waals surface area contributed by atoms with E-state index in [0.717, 1.165) is 29.3 Å². The zero-order valence-corrected chi connectivity index (χ0v) is 13.0. The van der Waals surface area contributed by atoms with E-state index in [0.29, 0.717) is 13.2 Å². The maximum absolute atomic E-state index is 5.75. The molecule has 1 aromatic carbocycles. The summed E-state index contributed by atoms with van der Waals surface area (Å²) in [7, 11) is 0. The van der Waals surface area contributed by atoms with Crippen molar-refractivity contribution in [2.75, 3.05) is 0 Å². The summed E-state index contributed by atoms with van der Waals surface area (Å²) in [4.78, 5) is 3.99. The maximum atomic E-state index is 5.75. The summed E-state index contributed by atoms with van der Waals surface area (Å²) in [5.41, 5.74) is 3.22. The average molecular weight is 309 g/mol. The molecule has 0 aliphatic carbocycles. The van der Waals surface area contributed by atoms with Crippen molar-refractivity contribution in [3.05, 3.63) is 77.4 Å². The van der Waals surface area contributed by atoms with Gasteiger partial charge in [-0.25, -0.2) is 0 Å². The summed E-state index contributed by atoms with van der Waals surface area (Å²) in [5.74, 6) is 1.69. The molecule has 0 bridgehead atoms. The molecule has 0 aliphatic rings. The molecule has 5 nitrogen and oxygen atoms in total. The van der Waals surface area contributed by atoms with Gasteiger partial charge < -0.3 is 14.6 Å². The topological polar surface area (TPSA) is 60.2 Å². The number of nitrogens with zero attached hydrogens (tertiary/aromatic N) is 2. The Bertz CT molecular complexity index is 724. The van der Waals surface area contributed by atoms with Gasteiger partial charge in [-0.1, -0.05) is 17.3 Å². The van der Waals surface area contributed by atoms with Crippen LogP contribution < -0.4 is 10.1 Å². The third-order valence-corrected chi connectivity index (χ3v) is 3.39. The first-order valence-corrected chi connectivity index (χ1v) is 7.53. The first-order chi connectivity index (χ1) is 11.3. The van der Waals surface area contributed by atoms with Crippen molar-refractivity contribution in [2.24, 2.45) is 0 Å². The lowest BCUT2D eigenvalue weighted by Gasteiger charge is -2.07. The van der Waals surface area contributed by atoms with Crippen LogP contribution in [-0.4, -0.2) is 10.1 Å². The molecule has 0 amide bonds. The molecule has 118 valence electrons. The number of aromatic nitrogens is 2. The fourth-order valence-electron chi connectivity index (χ4n) is 2.19. The Morgan fingerprint density at radius 3 is 2.48 bits per heavy atom. The van der Waals surface area contributed by atoms with Gasteiger partial charge in [-0.05, 0) is 42.3 Å². The van der Waals surface area contributed by atoms with Gasteiger partial charge in [0.15, 0.2) is 0 Å². The Hall–Kier alpha value is -2.66. The fourth-order valence-corrected chi connectivity index (χ4v) is 2.19. The van der Waals surface area contributed by atoms with E-state index in [9.17, 15) is 0 Å². The van der Waals surface area contributed by atoms with Gasteiger partial charge in [-0.15, -0.1) is 0 Å². The minimum atomic E-state index is 0.547. The lowest BCUT2D eigenvalue weighted by atomic mass is 10.2. The summed E-state index contributed by atoms with van der Waals surface area (Å²) >= 11 is 0. The molecule has 0 radical (unpaired) electrons. The lowest BCUT2D eigenvalue weighted by Crippen LogP contribution is -2.12. The van der Waals surface area contributed by atoms with Crippen LogP contribution in [0.25, 0.3) is 0 Å². The Labute approximate surface area is 135 Å². The number of rotatable bonds is 7.